The number of hydrogen-bond donors (Lipinski definition) is 5. The van der Waals surface area contributed by atoms with Crippen molar-refractivity contribution in [1.82, 2.24) is 20.6 Å². The number of aromatic amines is 2. The number of aromatic nitrogens is 2. The number of nitrogens with one attached hydrogen (secondary N) is 4. The highest BCUT2D eigenvalue weighted by atomic mass is 35.5. The molecule has 2 unspecified atom stereocenters. The van der Waals surface area contributed by atoms with Crippen molar-refractivity contribution in [2.75, 3.05) is 18.8 Å². The number of benzene rings is 1. The SMILES string of the molecule is Cl.Nc1c(C(=O)NC2CNCCC2c2ccc(F)c(F)c2)[nH]c(=O)[nH]c1=O. The Morgan fingerprint density at radius 2 is 1.93 bits per heavy atom. The zero-order valence-electron chi connectivity index (χ0n) is 14.0. The van der Waals surface area contributed by atoms with Gasteiger partial charge in [0.15, 0.2) is 11.6 Å². The van der Waals surface area contributed by atoms with E-state index in [2.05, 4.69) is 15.6 Å². The Labute approximate surface area is 158 Å². The summed E-state index contributed by atoms with van der Waals surface area (Å²) in [6, 6.07) is 3.14. The second kappa shape index (κ2) is 8.31. The van der Waals surface area contributed by atoms with Gasteiger partial charge in [0, 0.05) is 18.5 Å². The number of nitrogens with two attached hydrogens (primary N) is 1. The van der Waals surface area contributed by atoms with Crippen molar-refractivity contribution < 1.29 is 13.6 Å². The Kier molecular flexibility index (Phi) is 6.34. The first kappa shape index (κ1) is 20.6. The molecule has 1 saturated heterocycles. The summed E-state index contributed by atoms with van der Waals surface area (Å²) in [5, 5.41) is 5.79. The maximum absolute atomic E-state index is 13.6. The summed E-state index contributed by atoms with van der Waals surface area (Å²) in [5.74, 6) is -2.91. The smallest absolute Gasteiger partial charge is 0.326 e. The van der Waals surface area contributed by atoms with Crippen LogP contribution in [-0.2, 0) is 0 Å². The molecular weight excluding hydrogens is 384 g/mol. The van der Waals surface area contributed by atoms with Gasteiger partial charge in [0.05, 0.1) is 0 Å². The minimum atomic E-state index is -0.964. The minimum Gasteiger partial charge on any atom is -0.392 e. The van der Waals surface area contributed by atoms with E-state index in [1.54, 1.807) is 0 Å². The monoisotopic (exact) mass is 401 g/mol. The number of carbonyl (C=O) groups excluding carboxylic acids is 1. The van der Waals surface area contributed by atoms with Crippen molar-refractivity contribution in [2.45, 2.75) is 18.4 Å². The van der Waals surface area contributed by atoms with Gasteiger partial charge in [-0.3, -0.25) is 14.6 Å². The molecule has 2 atom stereocenters. The van der Waals surface area contributed by atoms with E-state index in [9.17, 15) is 23.2 Å². The largest absolute Gasteiger partial charge is 0.392 e. The zero-order valence-corrected chi connectivity index (χ0v) is 14.8. The fourth-order valence-corrected chi connectivity index (χ4v) is 3.07. The number of halogens is 3. The molecule has 0 aliphatic carbocycles. The van der Waals surface area contributed by atoms with Gasteiger partial charge in [-0.1, -0.05) is 6.07 Å². The maximum Gasteiger partial charge on any atom is 0.326 e. The van der Waals surface area contributed by atoms with Crippen molar-refractivity contribution in [3.8, 4) is 0 Å². The molecule has 1 amide bonds. The van der Waals surface area contributed by atoms with Crippen LogP contribution in [0.5, 0.6) is 0 Å². The van der Waals surface area contributed by atoms with Gasteiger partial charge in [0.1, 0.15) is 11.4 Å². The summed E-state index contributed by atoms with van der Waals surface area (Å²) >= 11 is 0. The molecule has 27 heavy (non-hydrogen) atoms. The topological polar surface area (TPSA) is 133 Å². The highest BCUT2D eigenvalue weighted by Gasteiger charge is 2.29. The lowest BCUT2D eigenvalue weighted by molar-refractivity contribution is 0.0919. The number of nitrogen functional groups attached to an aromatic ring is 1. The Morgan fingerprint density at radius 1 is 1.19 bits per heavy atom. The van der Waals surface area contributed by atoms with E-state index in [0.717, 1.165) is 12.1 Å². The van der Waals surface area contributed by atoms with Crippen molar-refractivity contribution in [1.29, 1.82) is 0 Å². The van der Waals surface area contributed by atoms with Gasteiger partial charge >= 0.3 is 5.69 Å². The molecule has 1 aliphatic heterocycles. The van der Waals surface area contributed by atoms with Crippen LogP contribution in [0.15, 0.2) is 27.8 Å². The minimum absolute atomic E-state index is 0. The van der Waals surface area contributed by atoms with Crippen molar-refractivity contribution in [3.63, 3.8) is 0 Å². The normalized spacial score (nSPS) is 19.2. The lowest BCUT2D eigenvalue weighted by Crippen LogP contribution is -2.50. The molecule has 0 radical (unpaired) electrons. The summed E-state index contributed by atoms with van der Waals surface area (Å²) in [4.78, 5) is 39.5. The van der Waals surface area contributed by atoms with Crippen LogP contribution in [0, 0.1) is 11.6 Å². The van der Waals surface area contributed by atoms with Crippen LogP contribution >= 0.6 is 12.4 Å². The Bertz CT molecular complexity index is 962. The fraction of sp³-hybridized carbons (Fsp3) is 0.312. The summed E-state index contributed by atoms with van der Waals surface area (Å²) in [6.45, 7) is 1.02. The summed E-state index contributed by atoms with van der Waals surface area (Å²) in [7, 11) is 0. The van der Waals surface area contributed by atoms with Crippen LogP contribution < -0.4 is 27.6 Å². The number of H-pyrrole nitrogens is 2. The molecule has 8 nitrogen and oxygen atoms in total. The van der Waals surface area contributed by atoms with E-state index in [4.69, 9.17) is 5.73 Å². The molecule has 2 aromatic rings. The number of rotatable bonds is 3. The number of piperidine rings is 1. The van der Waals surface area contributed by atoms with E-state index in [1.807, 2.05) is 4.98 Å². The molecule has 1 fully saturated rings. The second-order valence-electron chi connectivity index (χ2n) is 6.05. The summed E-state index contributed by atoms with van der Waals surface area (Å²) in [6.07, 6.45) is 0.581. The van der Waals surface area contributed by atoms with E-state index < -0.39 is 40.5 Å². The third-order valence-corrected chi connectivity index (χ3v) is 4.38. The molecule has 1 aliphatic rings. The van der Waals surface area contributed by atoms with Gasteiger partial charge in [-0.2, -0.15) is 0 Å². The van der Waals surface area contributed by atoms with Crippen LogP contribution in [0.2, 0.25) is 0 Å². The first-order valence-electron chi connectivity index (χ1n) is 7.95. The first-order valence-corrected chi connectivity index (χ1v) is 7.95. The molecule has 2 heterocycles. The highest BCUT2D eigenvalue weighted by molar-refractivity contribution is 5.97. The maximum atomic E-state index is 13.6. The molecule has 6 N–H and O–H groups in total. The summed E-state index contributed by atoms with van der Waals surface area (Å²) < 4.78 is 26.7. The van der Waals surface area contributed by atoms with E-state index in [1.165, 1.54) is 6.07 Å². The van der Waals surface area contributed by atoms with E-state index in [-0.39, 0.29) is 24.0 Å². The van der Waals surface area contributed by atoms with Gasteiger partial charge in [0.2, 0.25) is 0 Å². The van der Waals surface area contributed by atoms with Crippen LogP contribution in [0.4, 0.5) is 14.5 Å². The van der Waals surface area contributed by atoms with E-state index in [0.29, 0.717) is 25.1 Å². The molecule has 0 bridgehead atoms. The molecule has 11 heteroatoms. The Balaban J connectivity index is 0.00000261. The van der Waals surface area contributed by atoms with Gasteiger partial charge in [-0.05, 0) is 30.7 Å². The molecule has 1 aromatic carbocycles. The van der Waals surface area contributed by atoms with Crippen LogP contribution in [0.3, 0.4) is 0 Å². The molecular formula is C16H18ClF2N5O3. The number of amides is 1. The molecule has 1 aromatic heterocycles. The highest BCUT2D eigenvalue weighted by Crippen LogP contribution is 2.27. The molecule has 146 valence electrons. The van der Waals surface area contributed by atoms with Crippen LogP contribution in [0.25, 0.3) is 0 Å². The molecule has 0 saturated carbocycles. The quantitative estimate of drug-likeness (QED) is 0.502. The second-order valence-corrected chi connectivity index (χ2v) is 6.05. The average Bonchev–Trinajstić information content (AvgIpc) is 2.61. The van der Waals surface area contributed by atoms with Gasteiger partial charge in [-0.15, -0.1) is 12.4 Å². The fourth-order valence-electron chi connectivity index (χ4n) is 3.07. The predicted molar refractivity (Wildman–Crippen MR) is 97.2 cm³/mol. The third kappa shape index (κ3) is 4.34. The first-order chi connectivity index (χ1) is 12.4. The van der Waals surface area contributed by atoms with Crippen LogP contribution in [-0.4, -0.2) is 35.0 Å². The average molecular weight is 402 g/mol. The molecule has 0 spiro atoms. The van der Waals surface area contributed by atoms with Gasteiger partial charge in [-0.25, -0.2) is 13.6 Å². The Morgan fingerprint density at radius 3 is 2.63 bits per heavy atom. The Hall–Kier alpha value is -2.72. The molecule has 3 rings (SSSR count). The predicted octanol–water partition coefficient (Wildman–Crippen LogP) is 0.221. The van der Waals surface area contributed by atoms with Crippen molar-refractivity contribution >= 4 is 24.0 Å². The third-order valence-electron chi connectivity index (χ3n) is 4.38. The number of anilines is 1. The van der Waals surface area contributed by atoms with E-state index >= 15 is 0 Å². The van der Waals surface area contributed by atoms with Crippen molar-refractivity contribution in [3.05, 3.63) is 61.9 Å². The lowest BCUT2D eigenvalue weighted by Gasteiger charge is -2.33. The summed E-state index contributed by atoms with van der Waals surface area (Å²) in [5.41, 5.74) is 3.64. The standard InChI is InChI=1S/C16H17F2N5O3.ClH/c17-9-2-1-7(5-10(9)18)8-3-4-20-6-11(8)21-15(25)13-12(19)14(24)23-16(26)22-13;/h1-2,5,8,11,20H,3-4,6,19H2,(H,21,25)(H2,22,23,24,26);1H. The zero-order chi connectivity index (χ0) is 18.8. The van der Waals surface area contributed by atoms with Crippen molar-refractivity contribution in [2.24, 2.45) is 0 Å². The van der Waals surface area contributed by atoms with Crippen LogP contribution in [0.1, 0.15) is 28.4 Å². The number of carbonyl (C=O) groups is 1. The number of hydrogen-bond acceptors (Lipinski definition) is 5. The van der Waals surface area contributed by atoms with Gasteiger partial charge in [0.25, 0.3) is 11.5 Å². The lowest BCUT2D eigenvalue weighted by atomic mass is 9.86. The van der Waals surface area contributed by atoms with Gasteiger partial charge < -0.3 is 21.4 Å².